The molecule has 1 aromatic carbocycles. The molecule has 5 nitrogen and oxygen atoms in total. The van der Waals surface area contributed by atoms with E-state index in [2.05, 4.69) is 5.32 Å². The topological polar surface area (TPSA) is 52.7 Å². The number of hydrogen-bond acceptors (Lipinski definition) is 2. The minimum absolute atomic E-state index is 0.00594. The number of halogens is 1. The molecule has 0 saturated carbocycles. The van der Waals surface area contributed by atoms with E-state index < -0.39 is 5.41 Å². The number of piperidine rings is 1. The van der Waals surface area contributed by atoms with Gasteiger partial charge in [0.1, 0.15) is 5.82 Å². The molecule has 0 bridgehead atoms. The highest BCUT2D eigenvalue weighted by atomic mass is 19.1. The number of carbonyl (C=O) groups excluding carboxylic acids is 2. The van der Waals surface area contributed by atoms with Crippen LogP contribution in [0.2, 0.25) is 0 Å². The maximum Gasteiger partial charge on any atom is 0.317 e. The first-order valence-corrected chi connectivity index (χ1v) is 8.49. The second-order valence-electron chi connectivity index (χ2n) is 7.08. The van der Waals surface area contributed by atoms with Gasteiger partial charge in [0.15, 0.2) is 0 Å². The predicted octanol–water partition coefficient (Wildman–Crippen LogP) is 2.12. The summed E-state index contributed by atoms with van der Waals surface area (Å²) >= 11 is 0. The summed E-state index contributed by atoms with van der Waals surface area (Å²) in [6.07, 6.45) is 1.61. The summed E-state index contributed by atoms with van der Waals surface area (Å²) in [5.41, 5.74) is 0.126. The van der Waals surface area contributed by atoms with Gasteiger partial charge in [-0.05, 0) is 44.4 Å². The van der Waals surface area contributed by atoms with Crippen molar-refractivity contribution in [3.05, 3.63) is 35.6 Å². The SMILES string of the molecule is CC(C)(C(=O)N1CCC(N2CCNC2=O)CC1)c1ccc(F)cc1. The molecule has 2 heterocycles. The van der Waals surface area contributed by atoms with E-state index in [-0.39, 0.29) is 23.8 Å². The van der Waals surface area contributed by atoms with E-state index in [1.165, 1.54) is 12.1 Å². The van der Waals surface area contributed by atoms with E-state index in [9.17, 15) is 14.0 Å². The molecular weight excluding hydrogens is 309 g/mol. The number of amides is 3. The Hall–Kier alpha value is -2.11. The number of hydrogen-bond donors (Lipinski definition) is 1. The van der Waals surface area contributed by atoms with Gasteiger partial charge < -0.3 is 15.1 Å². The second-order valence-corrected chi connectivity index (χ2v) is 7.08. The van der Waals surface area contributed by atoms with Gasteiger partial charge in [-0.1, -0.05) is 12.1 Å². The highest BCUT2D eigenvalue weighted by molar-refractivity contribution is 5.87. The molecule has 0 radical (unpaired) electrons. The lowest BCUT2D eigenvalue weighted by molar-refractivity contribution is -0.137. The number of carbonyl (C=O) groups is 2. The number of nitrogens with zero attached hydrogens (tertiary/aromatic N) is 2. The van der Waals surface area contributed by atoms with E-state index in [4.69, 9.17) is 0 Å². The number of rotatable bonds is 3. The van der Waals surface area contributed by atoms with Gasteiger partial charge in [-0.3, -0.25) is 4.79 Å². The molecule has 0 spiro atoms. The first-order chi connectivity index (χ1) is 11.4. The molecule has 2 aliphatic rings. The zero-order valence-electron chi connectivity index (χ0n) is 14.2. The molecule has 0 aromatic heterocycles. The van der Waals surface area contributed by atoms with Crippen LogP contribution in [0.3, 0.4) is 0 Å². The van der Waals surface area contributed by atoms with Crippen molar-refractivity contribution in [2.75, 3.05) is 26.2 Å². The lowest BCUT2D eigenvalue weighted by Gasteiger charge is -2.39. The minimum Gasteiger partial charge on any atom is -0.342 e. The van der Waals surface area contributed by atoms with Gasteiger partial charge in [-0.2, -0.15) is 0 Å². The molecule has 130 valence electrons. The highest BCUT2D eigenvalue weighted by Crippen LogP contribution is 2.28. The average Bonchev–Trinajstić information content (AvgIpc) is 3.01. The zero-order valence-corrected chi connectivity index (χ0v) is 14.2. The molecule has 0 unspecified atom stereocenters. The average molecular weight is 333 g/mol. The van der Waals surface area contributed by atoms with E-state index >= 15 is 0 Å². The summed E-state index contributed by atoms with van der Waals surface area (Å²) in [6.45, 7) is 6.51. The summed E-state index contributed by atoms with van der Waals surface area (Å²) in [6, 6.07) is 6.35. The van der Waals surface area contributed by atoms with Crippen molar-refractivity contribution in [3.63, 3.8) is 0 Å². The summed E-state index contributed by atoms with van der Waals surface area (Å²) in [5, 5.41) is 2.83. The monoisotopic (exact) mass is 333 g/mol. The fraction of sp³-hybridized carbons (Fsp3) is 0.556. The smallest absolute Gasteiger partial charge is 0.317 e. The molecule has 3 rings (SSSR count). The van der Waals surface area contributed by atoms with Crippen LogP contribution in [0.1, 0.15) is 32.3 Å². The van der Waals surface area contributed by atoms with Crippen molar-refractivity contribution in [1.82, 2.24) is 15.1 Å². The number of benzene rings is 1. The molecule has 2 fully saturated rings. The Labute approximate surface area is 141 Å². The first-order valence-electron chi connectivity index (χ1n) is 8.49. The van der Waals surface area contributed by atoms with E-state index in [0.29, 0.717) is 19.6 Å². The minimum atomic E-state index is -0.689. The Morgan fingerprint density at radius 1 is 1.17 bits per heavy atom. The Morgan fingerprint density at radius 3 is 2.33 bits per heavy atom. The van der Waals surface area contributed by atoms with Crippen molar-refractivity contribution in [2.24, 2.45) is 0 Å². The van der Waals surface area contributed by atoms with Crippen LogP contribution >= 0.6 is 0 Å². The fourth-order valence-corrected chi connectivity index (χ4v) is 3.60. The Kier molecular flexibility index (Phi) is 4.47. The van der Waals surface area contributed by atoms with Crippen LogP contribution in [0, 0.1) is 5.82 Å². The molecule has 0 atom stereocenters. The van der Waals surface area contributed by atoms with Crippen molar-refractivity contribution >= 4 is 11.9 Å². The fourth-order valence-electron chi connectivity index (χ4n) is 3.60. The van der Waals surface area contributed by atoms with E-state index in [1.54, 1.807) is 12.1 Å². The van der Waals surface area contributed by atoms with Crippen LogP contribution in [-0.4, -0.2) is 54.0 Å². The Morgan fingerprint density at radius 2 is 1.79 bits per heavy atom. The van der Waals surface area contributed by atoms with Gasteiger partial charge in [0.05, 0.1) is 5.41 Å². The van der Waals surface area contributed by atoms with Gasteiger partial charge in [0.25, 0.3) is 0 Å². The van der Waals surface area contributed by atoms with Crippen molar-refractivity contribution in [1.29, 1.82) is 0 Å². The lowest BCUT2D eigenvalue weighted by atomic mass is 9.82. The third kappa shape index (κ3) is 3.09. The van der Waals surface area contributed by atoms with Crippen molar-refractivity contribution in [2.45, 2.75) is 38.1 Å². The van der Waals surface area contributed by atoms with Crippen LogP contribution < -0.4 is 5.32 Å². The third-order valence-electron chi connectivity index (χ3n) is 5.18. The molecule has 1 aromatic rings. The third-order valence-corrected chi connectivity index (χ3v) is 5.18. The molecule has 2 aliphatic heterocycles. The molecule has 0 aliphatic carbocycles. The largest absolute Gasteiger partial charge is 0.342 e. The van der Waals surface area contributed by atoms with Crippen LogP contribution in [0.15, 0.2) is 24.3 Å². The van der Waals surface area contributed by atoms with Crippen molar-refractivity contribution in [3.8, 4) is 0 Å². The van der Waals surface area contributed by atoms with Crippen LogP contribution in [0.5, 0.6) is 0 Å². The number of nitrogens with one attached hydrogen (secondary N) is 1. The van der Waals surface area contributed by atoms with Crippen LogP contribution in [0.4, 0.5) is 9.18 Å². The Balaban J connectivity index is 1.64. The Bertz CT molecular complexity index is 622. The van der Waals surface area contributed by atoms with Gasteiger partial charge in [-0.25, -0.2) is 9.18 Å². The number of likely N-dealkylation sites (tertiary alicyclic amines) is 1. The van der Waals surface area contributed by atoms with Gasteiger partial charge in [-0.15, -0.1) is 0 Å². The van der Waals surface area contributed by atoms with Crippen molar-refractivity contribution < 1.29 is 14.0 Å². The molecule has 6 heteroatoms. The van der Waals surface area contributed by atoms with E-state index in [0.717, 1.165) is 24.9 Å². The molecule has 3 amide bonds. The normalized spacial score (nSPS) is 19.5. The molecular formula is C18H24FN3O2. The lowest BCUT2D eigenvalue weighted by Crippen LogP contribution is -2.51. The number of urea groups is 1. The maximum atomic E-state index is 13.1. The van der Waals surface area contributed by atoms with E-state index in [1.807, 2.05) is 23.6 Å². The summed E-state index contributed by atoms with van der Waals surface area (Å²) in [7, 11) is 0. The quantitative estimate of drug-likeness (QED) is 0.921. The highest BCUT2D eigenvalue weighted by Gasteiger charge is 2.37. The van der Waals surface area contributed by atoms with Crippen LogP contribution in [0.25, 0.3) is 0 Å². The summed E-state index contributed by atoms with van der Waals surface area (Å²) in [5.74, 6) is -0.245. The standard InChI is InChI=1S/C18H24FN3O2/c1-18(2,13-3-5-14(19)6-4-13)16(23)21-10-7-15(8-11-21)22-12-9-20-17(22)24/h3-6,15H,7-12H2,1-2H3,(H,20,24). The maximum absolute atomic E-state index is 13.1. The molecule has 2 saturated heterocycles. The van der Waals surface area contributed by atoms with Crippen LogP contribution in [-0.2, 0) is 10.2 Å². The van der Waals surface area contributed by atoms with Gasteiger partial charge in [0, 0.05) is 32.2 Å². The predicted molar refractivity (Wildman–Crippen MR) is 89.1 cm³/mol. The van der Waals surface area contributed by atoms with Gasteiger partial charge >= 0.3 is 6.03 Å². The summed E-state index contributed by atoms with van der Waals surface area (Å²) < 4.78 is 13.1. The second kappa shape index (κ2) is 6.42. The molecule has 24 heavy (non-hydrogen) atoms. The zero-order chi connectivity index (χ0) is 17.3. The first kappa shape index (κ1) is 16.7. The summed E-state index contributed by atoms with van der Waals surface area (Å²) in [4.78, 5) is 28.5. The van der Waals surface area contributed by atoms with Gasteiger partial charge in [0.2, 0.25) is 5.91 Å². The molecule has 1 N–H and O–H groups in total.